The average molecular weight is 113 g/mol. The smallest absolute Gasteiger partial charge is 0.0580 e. The molecule has 0 aliphatic heterocycles. The molecule has 0 aromatic rings. The minimum absolute atomic E-state index is 0.691. The first-order valence-electron chi connectivity index (χ1n) is 2.48. The van der Waals surface area contributed by atoms with Gasteiger partial charge < -0.3 is 5.21 Å². The molecule has 0 saturated heterocycles. The number of oxime groups is 1. The third-order valence-corrected chi connectivity index (χ3v) is 0.728. The minimum atomic E-state index is 0.691. The molecule has 1 N–H and O–H groups in total. The summed E-state index contributed by atoms with van der Waals surface area (Å²) >= 11 is 0. The van der Waals surface area contributed by atoms with E-state index in [1.165, 1.54) is 0 Å². The van der Waals surface area contributed by atoms with Crippen molar-refractivity contribution in [1.29, 1.82) is 0 Å². The van der Waals surface area contributed by atoms with Crippen molar-refractivity contribution in [2.75, 3.05) is 0 Å². The molecule has 0 radical (unpaired) electrons. The van der Waals surface area contributed by atoms with Crippen LogP contribution in [0.1, 0.15) is 20.3 Å². The van der Waals surface area contributed by atoms with Crippen LogP contribution >= 0.6 is 0 Å². The van der Waals surface area contributed by atoms with Crippen molar-refractivity contribution in [3.8, 4) is 0 Å². The van der Waals surface area contributed by atoms with Gasteiger partial charge in [0.1, 0.15) is 0 Å². The quantitative estimate of drug-likeness (QED) is 0.252. The first-order valence-corrected chi connectivity index (χ1v) is 2.48. The molecule has 2 nitrogen and oxygen atoms in total. The number of allylic oxidation sites excluding steroid dienone is 1. The maximum atomic E-state index is 8.13. The van der Waals surface area contributed by atoms with Crippen LogP contribution < -0.4 is 0 Å². The molecule has 0 aliphatic carbocycles. The lowest BCUT2D eigenvalue weighted by atomic mass is 10.2. The van der Waals surface area contributed by atoms with Gasteiger partial charge in [-0.15, -0.1) is 0 Å². The van der Waals surface area contributed by atoms with E-state index in [0.29, 0.717) is 12.1 Å². The first-order chi connectivity index (χ1) is 3.66. The van der Waals surface area contributed by atoms with Crippen LogP contribution in [0.4, 0.5) is 0 Å². The Labute approximate surface area is 49.5 Å². The first kappa shape index (κ1) is 7.21. The molecule has 0 amide bonds. The predicted molar refractivity (Wildman–Crippen MR) is 34.3 cm³/mol. The molecule has 0 aromatic heterocycles. The van der Waals surface area contributed by atoms with E-state index in [2.05, 4.69) is 11.7 Å². The van der Waals surface area contributed by atoms with Gasteiger partial charge in [0.05, 0.1) is 5.71 Å². The molecule has 0 aromatic carbocycles. The molecule has 0 heterocycles. The van der Waals surface area contributed by atoms with Crippen LogP contribution in [0, 0.1) is 0 Å². The van der Waals surface area contributed by atoms with Gasteiger partial charge >= 0.3 is 0 Å². The zero-order valence-corrected chi connectivity index (χ0v) is 5.31. The van der Waals surface area contributed by atoms with E-state index in [9.17, 15) is 0 Å². The highest BCUT2D eigenvalue weighted by Crippen LogP contribution is 1.95. The molecular weight excluding hydrogens is 102 g/mol. The Balaban J connectivity index is 3.56. The van der Waals surface area contributed by atoms with Gasteiger partial charge in [-0.1, -0.05) is 17.3 Å². The average Bonchev–Trinajstić information content (AvgIpc) is 1.65. The standard InChI is InChI=1S/C6H11NO/c1-5(2)4-6(3)7-8/h8H,1,4H2,2-3H3/b7-6+. The molecule has 0 rings (SSSR count). The van der Waals surface area contributed by atoms with Gasteiger partial charge in [0, 0.05) is 6.42 Å². The van der Waals surface area contributed by atoms with Crippen molar-refractivity contribution in [2.45, 2.75) is 20.3 Å². The van der Waals surface area contributed by atoms with Crippen LogP contribution in [0.25, 0.3) is 0 Å². The summed E-state index contributed by atoms with van der Waals surface area (Å²) in [5, 5.41) is 11.1. The second-order valence-corrected chi connectivity index (χ2v) is 1.97. The van der Waals surface area contributed by atoms with Gasteiger partial charge in [0.25, 0.3) is 0 Å². The number of hydrogen-bond acceptors (Lipinski definition) is 2. The summed E-state index contributed by atoms with van der Waals surface area (Å²) in [4.78, 5) is 0. The Hall–Kier alpha value is -0.790. The largest absolute Gasteiger partial charge is 0.411 e. The Morgan fingerprint density at radius 3 is 2.25 bits per heavy atom. The molecular formula is C6H11NO. The lowest BCUT2D eigenvalue weighted by molar-refractivity contribution is 0.317. The molecule has 2 heteroatoms. The van der Waals surface area contributed by atoms with Crippen molar-refractivity contribution in [2.24, 2.45) is 5.16 Å². The highest BCUT2D eigenvalue weighted by atomic mass is 16.4. The fraction of sp³-hybridized carbons (Fsp3) is 0.500. The molecule has 0 aliphatic rings. The van der Waals surface area contributed by atoms with Gasteiger partial charge in [-0.2, -0.15) is 0 Å². The van der Waals surface area contributed by atoms with Crippen molar-refractivity contribution in [3.63, 3.8) is 0 Å². The van der Waals surface area contributed by atoms with E-state index in [1.807, 2.05) is 6.92 Å². The number of nitrogens with zero attached hydrogens (tertiary/aromatic N) is 1. The normalized spacial score (nSPS) is 11.5. The van der Waals surface area contributed by atoms with Crippen molar-refractivity contribution in [1.82, 2.24) is 0 Å². The number of rotatable bonds is 2. The van der Waals surface area contributed by atoms with Crippen LogP contribution in [-0.4, -0.2) is 10.9 Å². The summed E-state index contributed by atoms with van der Waals surface area (Å²) in [5.41, 5.74) is 1.72. The van der Waals surface area contributed by atoms with E-state index in [-0.39, 0.29) is 0 Å². The van der Waals surface area contributed by atoms with E-state index in [4.69, 9.17) is 5.21 Å². The predicted octanol–water partition coefficient (Wildman–Crippen LogP) is 1.80. The fourth-order valence-electron chi connectivity index (χ4n) is 0.472. The van der Waals surface area contributed by atoms with Gasteiger partial charge in [-0.05, 0) is 13.8 Å². The van der Waals surface area contributed by atoms with Gasteiger partial charge in [0.2, 0.25) is 0 Å². The molecule has 46 valence electrons. The van der Waals surface area contributed by atoms with Crippen LogP contribution in [0.2, 0.25) is 0 Å². The summed E-state index contributed by atoms with van der Waals surface area (Å²) in [5.74, 6) is 0. The Morgan fingerprint density at radius 1 is 1.62 bits per heavy atom. The SMILES string of the molecule is C=C(C)C/C(C)=N/O. The third kappa shape index (κ3) is 3.40. The summed E-state index contributed by atoms with van der Waals surface area (Å²) in [6.45, 7) is 7.31. The second-order valence-electron chi connectivity index (χ2n) is 1.97. The van der Waals surface area contributed by atoms with Crippen LogP contribution in [0.3, 0.4) is 0 Å². The van der Waals surface area contributed by atoms with E-state index < -0.39 is 0 Å². The molecule has 0 unspecified atom stereocenters. The third-order valence-electron chi connectivity index (χ3n) is 0.728. The molecule has 0 spiro atoms. The van der Waals surface area contributed by atoms with Crippen LogP contribution in [-0.2, 0) is 0 Å². The fourth-order valence-corrected chi connectivity index (χ4v) is 0.472. The zero-order chi connectivity index (χ0) is 6.57. The van der Waals surface area contributed by atoms with Crippen LogP contribution in [0.15, 0.2) is 17.3 Å². The summed E-state index contributed by atoms with van der Waals surface area (Å²) in [6.07, 6.45) is 0.691. The number of hydrogen-bond donors (Lipinski definition) is 1. The Bertz CT molecular complexity index is 116. The highest BCUT2D eigenvalue weighted by molar-refractivity contribution is 5.83. The molecule has 0 atom stereocenters. The second kappa shape index (κ2) is 3.24. The summed E-state index contributed by atoms with van der Waals surface area (Å²) in [6, 6.07) is 0. The van der Waals surface area contributed by atoms with Crippen molar-refractivity contribution >= 4 is 5.71 Å². The van der Waals surface area contributed by atoms with Gasteiger partial charge in [0.15, 0.2) is 0 Å². The van der Waals surface area contributed by atoms with Crippen molar-refractivity contribution in [3.05, 3.63) is 12.2 Å². The molecule has 8 heavy (non-hydrogen) atoms. The summed E-state index contributed by atoms with van der Waals surface area (Å²) < 4.78 is 0. The molecule has 0 bridgehead atoms. The highest BCUT2D eigenvalue weighted by Gasteiger charge is 1.88. The Morgan fingerprint density at radius 2 is 2.12 bits per heavy atom. The van der Waals surface area contributed by atoms with Gasteiger partial charge in [-0.3, -0.25) is 0 Å². The molecule has 0 saturated carbocycles. The zero-order valence-electron chi connectivity index (χ0n) is 5.31. The topological polar surface area (TPSA) is 32.6 Å². The van der Waals surface area contributed by atoms with Crippen molar-refractivity contribution < 1.29 is 5.21 Å². The monoisotopic (exact) mass is 113 g/mol. The Kier molecular flexibility index (Phi) is 2.92. The lowest BCUT2D eigenvalue weighted by Gasteiger charge is -1.92. The maximum absolute atomic E-state index is 8.13. The minimum Gasteiger partial charge on any atom is -0.411 e. The van der Waals surface area contributed by atoms with Gasteiger partial charge in [-0.25, -0.2) is 0 Å². The lowest BCUT2D eigenvalue weighted by Crippen LogP contribution is -1.89. The van der Waals surface area contributed by atoms with E-state index >= 15 is 0 Å². The van der Waals surface area contributed by atoms with E-state index in [0.717, 1.165) is 5.57 Å². The van der Waals surface area contributed by atoms with Crippen LogP contribution in [0.5, 0.6) is 0 Å². The maximum Gasteiger partial charge on any atom is 0.0580 e. The summed E-state index contributed by atoms with van der Waals surface area (Å²) in [7, 11) is 0. The molecule has 0 fully saturated rings. The van der Waals surface area contributed by atoms with E-state index in [1.54, 1.807) is 6.92 Å².